The average molecular weight is 486 g/mol. The molecule has 3 unspecified atom stereocenters. The Bertz CT molecular complexity index is 1060. The first-order valence-corrected chi connectivity index (χ1v) is 13.7. The van der Waals surface area contributed by atoms with Gasteiger partial charge in [-0.1, -0.05) is 79.9 Å². The van der Waals surface area contributed by atoms with E-state index in [1.807, 2.05) is 36.4 Å². The fourth-order valence-electron chi connectivity index (χ4n) is 5.76. The number of hydrogen-bond acceptors (Lipinski definition) is 4. The van der Waals surface area contributed by atoms with Gasteiger partial charge in [-0.2, -0.15) is 0 Å². The monoisotopic (exact) mass is 485 g/mol. The normalized spacial score (nSPS) is 21.6. The first-order chi connectivity index (χ1) is 17.8. The van der Waals surface area contributed by atoms with Gasteiger partial charge >= 0.3 is 0 Å². The second-order valence-corrected chi connectivity index (χ2v) is 10.2. The highest BCUT2D eigenvalue weighted by Crippen LogP contribution is 2.48. The number of para-hydroxylation sites is 1. The van der Waals surface area contributed by atoms with Crippen LogP contribution in [0.1, 0.15) is 73.5 Å². The van der Waals surface area contributed by atoms with E-state index in [4.69, 9.17) is 9.47 Å². The van der Waals surface area contributed by atoms with Crippen LogP contribution < -0.4 is 9.47 Å². The van der Waals surface area contributed by atoms with E-state index in [-0.39, 0.29) is 11.8 Å². The van der Waals surface area contributed by atoms with Gasteiger partial charge in [-0.05, 0) is 74.6 Å². The molecule has 0 spiro atoms. The fourth-order valence-corrected chi connectivity index (χ4v) is 5.76. The number of nitrogens with zero attached hydrogens (tertiary/aromatic N) is 1. The molecule has 0 aliphatic carbocycles. The molecule has 0 radical (unpaired) electrons. The number of aliphatic hydroxyl groups excluding tert-OH is 1. The molecule has 4 nitrogen and oxygen atoms in total. The van der Waals surface area contributed by atoms with Gasteiger partial charge in [-0.15, -0.1) is 0 Å². The quantitative estimate of drug-likeness (QED) is 0.306. The summed E-state index contributed by atoms with van der Waals surface area (Å²) in [5, 5.41) is 11.0. The third kappa shape index (κ3) is 6.11. The minimum Gasteiger partial charge on any atom is -0.494 e. The molecular formula is C32H39NO3. The van der Waals surface area contributed by atoms with Gasteiger partial charge in [0, 0.05) is 11.5 Å². The summed E-state index contributed by atoms with van der Waals surface area (Å²) in [5.74, 6) is 1.48. The Kier molecular flexibility index (Phi) is 8.58. The van der Waals surface area contributed by atoms with Crippen molar-refractivity contribution in [3.63, 3.8) is 0 Å². The standard InChI is InChI=1S/C32H39NO3/c34-32-31(25-13-5-4-6-14-25)30(28-15-7-8-16-29(28)36-32)26-17-19-27(20-18-26)35-24-12-3-1-2-9-21-33-22-10-11-23-33/h4-8,13-20,30-32,34H,1-3,9-12,21-24H2. The Balaban J connectivity index is 1.16. The van der Waals surface area contributed by atoms with Crippen LogP contribution in [0, 0.1) is 0 Å². The zero-order chi connectivity index (χ0) is 24.6. The summed E-state index contributed by atoms with van der Waals surface area (Å²) in [6, 6.07) is 26.6. The Labute approximate surface area is 215 Å². The van der Waals surface area contributed by atoms with Crippen LogP contribution in [0.5, 0.6) is 11.5 Å². The zero-order valence-corrected chi connectivity index (χ0v) is 21.2. The van der Waals surface area contributed by atoms with E-state index >= 15 is 0 Å². The van der Waals surface area contributed by atoms with E-state index in [9.17, 15) is 5.11 Å². The predicted molar refractivity (Wildman–Crippen MR) is 145 cm³/mol. The van der Waals surface area contributed by atoms with Crippen molar-refractivity contribution < 1.29 is 14.6 Å². The molecule has 0 saturated carbocycles. The summed E-state index contributed by atoms with van der Waals surface area (Å²) in [7, 11) is 0. The van der Waals surface area contributed by atoms with Crippen molar-refractivity contribution >= 4 is 0 Å². The van der Waals surface area contributed by atoms with Crippen LogP contribution in [0.4, 0.5) is 0 Å². The van der Waals surface area contributed by atoms with Crippen molar-refractivity contribution in [1.29, 1.82) is 0 Å². The lowest BCUT2D eigenvalue weighted by Crippen LogP contribution is -2.34. The number of hydrogen-bond donors (Lipinski definition) is 1. The van der Waals surface area contributed by atoms with Crippen molar-refractivity contribution in [2.24, 2.45) is 0 Å². The molecule has 36 heavy (non-hydrogen) atoms. The number of ether oxygens (including phenoxy) is 2. The predicted octanol–water partition coefficient (Wildman–Crippen LogP) is 6.74. The fraction of sp³-hybridized carbons (Fsp3) is 0.438. The maximum atomic E-state index is 11.0. The molecular weight excluding hydrogens is 446 g/mol. The van der Waals surface area contributed by atoms with Gasteiger partial charge in [-0.25, -0.2) is 0 Å². The summed E-state index contributed by atoms with van der Waals surface area (Å²) < 4.78 is 12.0. The van der Waals surface area contributed by atoms with Gasteiger partial charge < -0.3 is 19.5 Å². The van der Waals surface area contributed by atoms with Gasteiger partial charge in [0.15, 0.2) is 0 Å². The first-order valence-electron chi connectivity index (χ1n) is 13.7. The van der Waals surface area contributed by atoms with Crippen molar-refractivity contribution in [2.45, 2.75) is 63.1 Å². The minimum absolute atomic E-state index is 0.00181. The molecule has 4 heteroatoms. The van der Waals surface area contributed by atoms with E-state index in [0.29, 0.717) is 0 Å². The number of rotatable bonds is 11. The molecule has 1 saturated heterocycles. The van der Waals surface area contributed by atoms with Crippen LogP contribution in [-0.4, -0.2) is 42.5 Å². The van der Waals surface area contributed by atoms with Crippen LogP contribution in [0.3, 0.4) is 0 Å². The van der Waals surface area contributed by atoms with Crippen molar-refractivity contribution in [3.05, 3.63) is 95.6 Å². The summed E-state index contributed by atoms with van der Waals surface area (Å²) in [6.07, 6.45) is 8.14. The molecule has 190 valence electrons. The smallest absolute Gasteiger partial charge is 0.205 e. The third-order valence-corrected chi connectivity index (χ3v) is 7.68. The first kappa shape index (κ1) is 24.9. The molecule has 2 aliphatic heterocycles. The van der Waals surface area contributed by atoms with Gasteiger partial charge in [0.1, 0.15) is 11.5 Å². The second-order valence-electron chi connectivity index (χ2n) is 10.2. The maximum Gasteiger partial charge on any atom is 0.205 e. The highest BCUT2D eigenvalue weighted by molar-refractivity contribution is 5.48. The average Bonchev–Trinajstić information content (AvgIpc) is 3.44. The molecule has 3 aromatic carbocycles. The maximum absolute atomic E-state index is 11.0. The molecule has 0 aromatic heterocycles. The molecule has 3 atom stereocenters. The molecule has 0 bridgehead atoms. The number of likely N-dealkylation sites (tertiary alicyclic amines) is 1. The van der Waals surface area contributed by atoms with E-state index < -0.39 is 6.29 Å². The van der Waals surface area contributed by atoms with Crippen molar-refractivity contribution in [1.82, 2.24) is 4.90 Å². The summed E-state index contributed by atoms with van der Waals surface area (Å²) in [4.78, 5) is 2.61. The van der Waals surface area contributed by atoms with Gasteiger partial charge in [0.2, 0.25) is 6.29 Å². The zero-order valence-electron chi connectivity index (χ0n) is 21.2. The van der Waals surface area contributed by atoms with Crippen molar-refractivity contribution in [2.75, 3.05) is 26.2 Å². The third-order valence-electron chi connectivity index (χ3n) is 7.68. The van der Waals surface area contributed by atoms with Crippen LogP contribution in [-0.2, 0) is 0 Å². The Morgan fingerprint density at radius 2 is 1.44 bits per heavy atom. The largest absolute Gasteiger partial charge is 0.494 e. The van der Waals surface area contributed by atoms with Crippen LogP contribution >= 0.6 is 0 Å². The van der Waals surface area contributed by atoms with Crippen LogP contribution in [0.2, 0.25) is 0 Å². The Morgan fingerprint density at radius 1 is 0.750 bits per heavy atom. The van der Waals surface area contributed by atoms with Gasteiger partial charge in [-0.3, -0.25) is 0 Å². The van der Waals surface area contributed by atoms with Gasteiger partial charge in [0.05, 0.1) is 12.5 Å². The molecule has 1 N–H and O–H groups in total. The molecule has 0 amide bonds. The second kappa shape index (κ2) is 12.4. The van der Waals surface area contributed by atoms with E-state index in [1.165, 1.54) is 58.2 Å². The Morgan fingerprint density at radius 3 is 2.25 bits per heavy atom. The molecule has 2 aliphatic rings. The summed E-state index contributed by atoms with van der Waals surface area (Å²) in [6.45, 7) is 4.65. The van der Waals surface area contributed by atoms with Crippen molar-refractivity contribution in [3.8, 4) is 11.5 Å². The SMILES string of the molecule is OC1Oc2ccccc2C(c2ccc(OCCCCCCCN3CCCC3)cc2)C1c1ccccc1. The molecule has 1 fully saturated rings. The lowest BCUT2D eigenvalue weighted by atomic mass is 9.75. The van der Waals surface area contributed by atoms with E-state index in [1.54, 1.807) is 0 Å². The molecule has 2 heterocycles. The van der Waals surface area contributed by atoms with Gasteiger partial charge in [0.25, 0.3) is 0 Å². The number of fused-ring (bicyclic) bond motifs is 1. The Hall–Kier alpha value is -2.82. The van der Waals surface area contributed by atoms with E-state index in [2.05, 4.69) is 47.4 Å². The highest BCUT2D eigenvalue weighted by Gasteiger charge is 2.39. The summed E-state index contributed by atoms with van der Waals surface area (Å²) in [5.41, 5.74) is 3.34. The molecule has 5 rings (SSSR count). The van der Waals surface area contributed by atoms with Crippen LogP contribution in [0.15, 0.2) is 78.9 Å². The lowest BCUT2D eigenvalue weighted by molar-refractivity contribution is -0.0530. The highest BCUT2D eigenvalue weighted by atomic mass is 16.6. The lowest BCUT2D eigenvalue weighted by Gasteiger charge is -2.37. The topological polar surface area (TPSA) is 41.9 Å². The summed E-state index contributed by atoms with van der Waals surface area (Å²) >= 11 is 0. The number of aliphatic hydroxyl groups is 1. The minimum atomic E-state index is -0.904. The number of unbranched alkanes of at least 4 members (excludes halogenated alkanes) is 4. The van der Waals surface area contributed by atoms with E-state index in [0.717, 1.165) is 41.2 Å². The van der Waals surface area contributed by atoms with Crippen LogP contribution in [0.25, 0.3) is 0 Å². The molecule has 3 aromatic rings. The number of benzene rings is 3.